The van der Waals surface area contributed by atoms with Gasteiger partial charge < -0.3 is 29.7 Å². The second kappa shape index (κ2) is 14.7. The lowest BCUT2D eigenvalue weighted by molar-refractivity contribution is 0.0888. The number of benzene rings is 1. The number of hydrogen-bond acceptors (Lipinski definition) is 5. The fraction of sp³-hybridized carbons (Fsp3) is 0.696. The predicted octanol–water partition coefficient (Wildman–Crippen LogP) is 3.14. The highest BCUT2D eigenvalue weighted by molar-refractivity contribution is 14.0. The number of halogens is 1. The molecule has 3 rings (SSSR count). The van der Waals surface area contributed by atoms with E-state index in [1.165, 1.54) is 12.1 Å². The molecule has 0 radical (unpaired) electrons. The van der Waals surface area contributed by atoms with E-state index in [0.29, 0.717) is 11.8 Å². The van der Waals surface area contributed by atoms with Crippen LogP contribution in [0.4, 0.5) is 5.69 Å². The average molecular weight is 546 g/mol. The molecule has 0 aromatic heterocycles. The Kier molecular flexibility index (Phi) is 12.4. The number of hydrogen-bond donors (Lipinski definition) is 2. The quantitative estimate of drug-likeness (QED) is 0.193. The smallest absolute Gasteiger partial charge is 0.191 e. The zero-order chi connectivity index (χ0) is 21.0. The van der Waals surface area contributed by atoms with Gasteiger partial charge in [0, 0.05) is 63.6 Å². The van der Waals surface area contributed by atoms with E-state index in [2.05, 4.69) is 40.7 Å². The van der Waals surface area contributed by atoms with Crippen molar-refractivity contribution < 1.29 is 14.2 Å². The molecule has 8 heteroatoms. The van der Waals surface area contributed by atoms with Gasteiger partial charge >= 0.3 is 0 Å². The van der Waals surface area contributed by atoms with E-state index in [0.717, 1.165) is 83.7 Å². The van der Waals surface area contributed by atoms with Crippen molar-refractivity contribution in [2.45, 2.75) is 26.2 Å². The number of nitrogens with one attached hydrogen (secondary N) is 2. The number of aliphatic imine (C=N–C) groups is 1. The Hall–Kier alpha value is -1.26. The van der Waals surface area contributed by atoms with Crippen LogP contribution in [0.3, 0.4) is 0 Å². The van der Waals surface area contributed by atoms with Crippen LogP contribution in [0.5, 0.6) is 5.75 Å². The molecular weight excluding hydrogens is 507 g/mol. The van der Waals surface area contributed by atoms with Crippen LogP contribution in [0.15, 0.2) is 29.3 Å². The summed E-state index contributed by atoms with van der Waals surface area (Å²) in [5.41, 5.74) is 1.23. The van der Waals surface area contributed by atoms with Crippen LogP contribution < -0.4 is 20.3 Å². The minimum absolute atomic E-state index is 0. The second-order valence-corrected chi connectivity index (χ2v) is 8.11. The molecule has 2 unspecified atom stereocenters. The average Bonchev–Trinajstić information content (AvgIpc) is 3.46. The minimum Gasteiger partial charge on any atom is -0.497 e. The van der Waals surface area contributed by atoms with Gasteiger partial charge in [0.1, 0.15) is 5.75 Å². The van der Waals surface area contributed by atoms with Crippen molar-refractivity contribution in [1.29, 1.82) is 0 Å². The zero-order valence-corrected chi connectivity index (χ0v) is 21.3. The second-order valence-electron chi connectivity index (χ2n) is 8.11. The number of nitrogens with zero attached hydrogens (tertiary/aromatic N) is 2. The maximum Gasteiger partial charge on any atom is 0.191 e. The summed E-state index contributed by atoms with van der Waals surface area (Å²) in [6.45, 7) is 10.1. The van der Waals surface area contributed by atoms with Gasteiger partial charge in [0.05, 0.1) is 20.3 Å². The molecule has 2 aliphatic rings. The first-order valence-electron chi connectivity index (χ1n) is 11.3. The van der Waals surface area contributed by atoms with Crippen LogP contribution >= 0.6 is 24.0 Å². The van der Waals surface area contributed by atoms with E-state index in [1.54, 1.807) is 7.11 Å². The van der Waals surface area contributed by atoms with Gasteiger partial charge in [-0.25, -0.2) is 0 Å². The third-order valence-electron chi connectivity index (χ3n) is 5.69. The number of ether oxygens (including phenoxy) is 3. The summed E-state index contributed by atoms with van der Waals surface area (Å²) in [6.07, 6.45) is 3.27. The lowest BCUT2D eigenvalue weighted by Crippen LogP contribution is -2.38. The normalized spacial score (nSPS) is 21.1. The molecule has 0 aliphatic carbocycles. The van der Waals surface area contributed by atoms with E-state index in [-0.39, 0.29) is 24.0 Å². The van der Waals surface area contributed by atoms with E-state index >= 15 is 0 Å². The molecule has 0 spiro atoms. The molecule has 2 fully saturated rings. The highest BCUT2D eigenvalue weighted by Gasteiger charge is 2.23. The number of methoxy groups -OCH3 is 1. The highest BCUT2D eigenvalue weighted by atomic mass is 127. The highest BCUT2D eigenvalue weighted by Crippen LogP contribution is 2.27. The lowest BCUT2D eigenvalue weighted by Gasteiger charge is -2.19. The third kappa shape index (κ3) is 9.02. The third-order valence-corrected chi connectivity index (χ3v) is 5.69. The lowest BCUT2D eigenvalue weighted by atomic mass is 10.1. The molecule has 2 atom stereocenters. The van der Waals surface area contributed by atoms with Crippen LogP contribution in [0.25, 0.3) is 0 Å². The predicted molar refractivity (Wildman–Crippen MR) is 137 cm³/mol. The maximum atomic E-state index is 5.78. The van der Waals surface area contributed by atoms with Gasteiger partial charge in [-0.1, -0.05) is 6.07 Å². The minimum atomic E-state index is 0. The molecule has 2 aliphatic heterocycles. The van der Waals surface area contributed by atoms with Gasteiger partial charge in [-0.2, -0.15) is 0 Å². The molecule has 1 aromatic rings. The number of guanidine groups is 1. The zero-order valence-electron chi connectivity index (χ0n) is 19.0. The topological polar surface area (TPSA) is 67.4 Å². The van der Waals surface area contributed by atoms with Crippen molar-refractivity contribution in [2.24, 2.45) is 16.8 Å². The summed E-state index contributed by atoms with van der Waals surface area (Å²) < 4.78 is 16.5. The van der Waals surface area contributed by atoms with E-state index in [4.69, 9.17) is 19.2 Å². The molecule has 7 nitrogen and oxygen atoms in total. The van der Waals surface area contributed by atoms with Gasteiger partial charge in [0.2, 0.25) is 0 Å². The summed E-state index contributed by atoms with van der Waals surface area (Å²) in [5.74, 6) is 2.97. The molecule has 176 valence electrons. The van der Waals surface area contributed by atoms with Crippen LogP contribution in [-0.2, 0) is 9.47 Å². The first-order valence-corrected chi connectivity index (χ1v) is 11.3. The Bertz CT molecular complexity index is 655. The van der Waals surface area contributed by atoms with Crippen molar-refractivity contribution in [3.63, 3.8) is 0 Å². The molecule has 0 saturated carbocycles. The first kappa shape index (κ1) is 26.0. The maximum absolute atomic E-state index is 5.78. The monoisotopic (exact) mass is 546 g/mol. The van der Waals surface area contributed by atoms with Crippen molar-refractivity contribution in [2.75, 3.05) is 71.2 Å². The Morgan fingerprint density at radius 1 is 1.26 bits per heavy atom. The SMILES string of the molecule is CCNC(=NCC1CCN(c2cccc(OC)c2)C1)NCCCOCC1CCOC1.I. The summed E-state index contributed by atoms with van der Waals surface area (Å²) in [4.78, 5) is 7.25. The molecule has 31 heavy (non-hydrogen) atoms. The summed E-state index contributed by atoms with van der Waals surface area (Å²) >= 11 is 0. The Morgan fingerprint density at radius 3 is 2.94 bits per heavy atom. The van der Waals surface area contributed by atoms with Crippen molar-refractivity contribution in [3.05, 3.63) is 24.3 Å². The first-order chi connectivity index (χ1) is 14.8. The van der Waals surface area contributed by atoms with Gasteiger partial charge in [0.25, 0.3) is 0 Å². The van der Waals surface area contributed by atoms with Gasteiger partial charge in [0.15, 0.2) is 5.96 Å². The summed E-state index contributed by atoms with van der Waals surface area (Å²) in [5, 5.41) is 6.79. The van der Waals surface area contributed by atoms with E-state index in [9.17, 15) is 0 Å². The fourth-order valence-electron chi connectivity index (χ4n) is 3.93. The number of rotatable bonds is 11. The van der Waals surface area contributed by atoms with Crippen molar-refractivity contribution in [1.82, 2.24) is 10.6 Å². The summed E-state index contributed by atoms with van der Waals surface area (Å²) in [6, 6.07) is 8.31. The number of anilines is 1. The molecule has 1 aromatic carbocycles. The van der Waals surface area contributed by atoms with Crippen LogP contribution in [0.2, 0.25) is 0 Å². The molecule has 2 N–H and O–H groups in total. The Balaban J connectivity index is 0.00000341. The van der Waals surface area contributed by atoms with Crippen LogP contribution in [0.1, 0.15) is 26.2 Å². The largest absolute Gasteiger partial charge is 0.497 e. The molecule has 2 heterocycles. The standard InChI is InChI=1S/C23H38N4O3.HI/c1-3-24-23(25-10-5-12-29-17-20-9-13-30-18-20)26-15-19-8-11-27(16-19)21-6-4-7-22(14-21)28-2;/h4,6-7,14,19-20H,3,5,8-13,15-18H2,1-2H3,(H2,24,25,26);1H. The van der Waals surface area contributed by atoms with Gasteiger partial charge in [-0.05, 0) is 44.2 Å². The fourth-order valence-corrected chi connectivity index (χ4v) is 3.93. The summed E-state index contributed by atoms with van der Waals surface area (Å²) in [7, 11) is 1.71. The van der Waals surface area contributed by atoms with Crippen LogP contribution in [-0.4, -0.2) is 72.2 Å². The molecule has 0 amide bonds. The van der Waals surface area contributed by atoms with Gasteiger partial charge in [-0.3, -0.25) is 4.99 Å². The van der Waals surface area contributed by atoms with E-state index < -0.39 is 0 Å². The molecular formula is C23H39IN4O3. The Labute approximate surface area is 204 Å². The van der Waals surface area contributed by atoms with Crippen LogP contribution in [0, 0.1) is 11.8 Å². The van der Waals surface area contributed by atoms with E-state index in [1.807, 2.05) is 6.07 Å². The van der Waals surface area contributed by atoms with Crippen molar-refractivity contribution in [3.8, 4) is 5.75 Å². The van der Waals surface area contributed by atoms with Gasteiger partial charge in [-0.15, -0.1) is 24.0 Å². The molecule has 0 bridgehead atoms. The molecule has 2 saturated heterocycles. The Morgan fingerprint density at radius 2 is 2.16 bits per heavy atom. The van der Waals surface area contributed by atoms with Crippen molar-refractivity contribution >= 4 is 35.6 Å².